The highest BCUT2D eigenvalue weighted by Gasteiger charge is 2.31. The Morgan fingerprint density at radius 3 is 2.67 bits per heavy atom. The lowest BCUT2D eigenvalue weighted by atomic mass is 10.0. The van der Waals surface area contributed by atoms with Crippen molar-refractivity contribution in [2.24, 2.45) is 11.7 Å². The Balaban J connectivity index is 1.92. The van der Waals surface area contributed by atoms with Gasteiger partial charge in [0.05, 0.1) is 6.04 Å². The Hall–Kier alpha value is -1.89. The van der Waals surface area contributed by atoms with Gasteiger partial charge in [-0.3, -0.25) is 9.59 Å². The fraction of sp³-hybridized carbons (Fsp3) is 0.565. The van der Waals surface area contributed by atoms with Crippen LogP contribution in [0.4, 0.5) is 0 Å². The molecule has 0 unspecified atom stereocenters. The lowest BCUT2D eigenvalue weighted by molar-refractivity contribution is -0.133. The molecule has 0 spiro atoms. The maximum Gasteiger partial charge on any atom is 0.244 e. The highest BCUT2D eigenvalue weighted by molar-refractivity contribution is 6.30. The van der Waals surface area contributed by atoms with E-state index in [9.17, 15) is 9.59 Å². The smallest absolute Gasteiger partial charge is 0.244 e. The fourth-order valence-electron chi connectivity index (χ4n) is 3.68. The van der Waals surface area contributed by atoms with E-state index in [-0.39, 0.29) is 23.9 Å². The number of carbonyl (C=O) groups excluding carboxylic acids is 2. The van der Waals surface area contributed by atoms with Gasteiger partial charge in [-0.15, -0.1) is 0 Å². The van der Waals surface area contributed by atoms with Gasteiger partial charge < -0.3 is 21.3 Å². The molecular formula is C23H35ClN4O2. The SMILES string of the molecule is CCC(CC)CN1CC[C@@H](CNC(=O)C=Cc2ccc(Cl)cc2)N[C@@H](CCN)C1=O. The molecule has 0 saturated carbocycles. The van der Waals surface area contributed by atoms with E-state index in [2.05, 4.69) is 24.5 Å². The van der Waals surface area contributed by atoms with Crippen molar-refractivity contribution >= 4 is 29.5 Å². The molecule has 1 aliphatic rings. The second-order valence-corrected chi connectivity index (χ2v) is 8.32. The molecule has 1 aromatic carbocycles. The van der Waals surface area contributed by atoms with Crippen LogP contribution in [0.15, 0.2) is 30.3 Å². The van der Waals surface area contributed by atoms with E-state index in [1.54, 1.807) is 18.2 Å². The van der Waals surface area contributed by atoms with E-state index in [0.717, 1.165) is 31.4 Å². The Morgan fingerprint density at radius 1 is 1.33 bits per heavy atom. The van der Waals surface area contributed by atoms with Gasteiger partial charge in [0.1, 0.15) is 0 Å². The maximum absolute atomic E-state index is 13.0. The molecule has 1 aliphatic heterocycles. The zero-order valence-corrected chi connectivity index (χ0v) is 18.8. The van der Waals surface area contributed by atoms with Gasteiger partial charge in [-0.2, -0.15) is 0 Å². The zero-order valence-electron chi connectivity index (χ0n) is 18.1. The number of hydrogen-bond donors (Lipinski definition) is 3. The molecule has 1 saturated heterocycles. The molecule has 1 heterocycles. The number of benzene rings is 1. The minimum atomic E-state index is -0.293. The molecule has 7 heteroatoms. The molecule has 0 aliphatic carbocycles. The van der Waals surface area contributed by atoms with Crippen molar-refractivity contribution in [3.05, 3.63) is 40.9 Å². The lowest BCUT2D eigenvalue weighted by Crippen LogP contribution is -2.49. The number of amides is 2. The quantitative estimate of drug-likeness (QED) is 0.494. The zero-order chi connectivity index (χ0) is 21.9. The van der Waals surface area contributed by atoms with Crippen LogP contribution >= 0.6 is 11.6 Å². The van der Waals surface area contributed by atoms with Gasteiger partial charge in [-0.05, 0) is 49.1 Å². The van der Waals surface area contributed by atoms with Crippen LogP contribution in [0.25, 0.3) is 6.08 Å². The number of nitrogens with one attached hydrogen (secondary N) is 2. The normalized spacial score (nSPS) is 20.0. The summed E-state index contributed by atoms with van der Waals surface area (Å²) in [6.07, 6.45) is 6.79. The van der Waals surface area contributed by atoms with Crippen molar-refractivity contribution in [1.82, 2.24) is 15.5 Å². The van der Waals surface area contributed by atoms with Crippen molar-refractivity contribution in [2.75, 3.05) is 26.2 Å². The van der Waals surface area contributed by atoms with Crippen molar-refractivity contribution in [1.29, 1.82) is 0 Å². The molecule has 0 bridgehead atoms. The highest BCUT2D eigenvalue weighted by Crippen LogP contribution is 2.16. The van der Waals surface area contributed by atoms with Crippen LogP contribution in [0.5, 0.6) is 0 Å². The standard InChI is InChI=1S/C23H35ClN4O2/c1-3-17(4-2)16-28-14-12-20(27-21(11-13-25)23(28)30)15-26-22(29)10-7-18-5-8-19(24)9-6-18/h5-10,17,20-21,27H,3-4,11-16,25H2,1-2H3,(H,26,29)/t20-,21-/m0/s1. The second-order valence-electron chi connectivity index (χ2n) is 7.88. The summed E-state index contributed by atoms with van der Waals surface area (Å²) in [6, 6.07) is 7.03. The molecule has 0 aromatic heterocycles. The number of carbonyl (C=O) groups is 2. The van der Waals surface area contributed by atoms with Crippen LogP contribution in [-0.2, 0) is 9.59 Å². The highest BCUT2D eigenvalue weighted by atomic mass is 35.5. The van der Waals surface area contributed by atoms with Gasteiger partial charge in [-0.25, -0.2) is 0 Å². The van der Waals surface area contributed by atoms with Gasteiger partial charge in [0.25, 0.3) is 0 Å². The first-order valence-corrected chi connectivity index (χ1v) is 11.3. The molecule has 4 N–H and O–H groups in total. The van der Waals surface area contributed by atoms with Crippen molar-refractivity contribution in [3.8, 4) is 0 Å². The topological polar surface area (TPSA) is 87.5 Å². The summed E-state index contributed by atoms with van der Waals surface area (Å²) < 4.78 is 0. The fourth-order valence-corrected chi connectivity index (χ4v) is 3.81. The molecule has 1 fully saturated rings. The van der Waals surface area contributed by atoms with E-state index in [0.29, 0.717) is 37.0 Å². The summed E-state index contributed by atoms with van der Waals surface area (Å²) in [5.41, 5.74) is 6.66. The first-order valence-electron chi connectivity index (χ1n) is 10.9. The van der Waals surface area contributed by atoms with Crippen molar-refractivity contribution < 1.29 is 9.59 Å². The van der Waals surface area contributed by atoms with Crippen molar-refractivity contribution in [2.45, 2.75) is 51.6 Å². The summed E-state index contributed by atoms with van der Waals surface area (Å²) in [5.74, 6) is 0.483. The third-order valence-corrected chi connectivity index (χ3v) is 5.95. The molecular weight excluding hydrogens is 400 g/mol. The van der Waals surface area contributed by atoms with E-state index >= 15 is 0 Å². The van der Waals surface area contributed by atoms with E-state index in [1.165, 1.54) is 6.08 Å². The number of hydrogen-bond acceptors (Lipinski definition) is 4. The van der Waals surface area contributed by atoms with Crippen LogP contribution in [0.2, 0.25) is 5.02 Å². The molecule has 6 nitrogen and oxygen atoms in total. The maximum atomic E-state index is 13.0. The number of nitrogens with two attached hydrogens (primary N) is 1. The van der Waals surface area contributed by atoms with Gasteiger partial charge in [0.15, 0.2) is 0 Å². The number of rotatable bonds is 10. The van der Waals surface area contributed by atoms with E-state index in [4.69, 9.17) is 17.3 Å². The van der Waals surface area contributed by atoms with Crippen LogP contribution in [-0.4, -0.2) is 55.0 Å². The summed E-state index contributed by atoms with van der Waals surface area (Å²) in [4.78, 5) is 27.2. The minimum absolute atomic E-state index is 0.0325. The van der Waals surface area contributed by atoms with E-state index < -0.39 is 0 Å². The van der Waals surface area contributed by atoms with Crippen molar-refractivity contribution in [3.63, 3.8) is 0 Å². The monoisotopic (exact) mass is 434 g/mol. The van der Waals surface area contributed by atoms with E-state index in [1.807, 2.05) is 17.0 Å². The molecule has 1 aromatic rings. The molecule has 30 heavy (non-hydrogen) atoms. The summed E-state index contributed by atoms with van der Waals surface area (Å²) in [7, 11) is 0. The van der Waals surface area contributed by atoms with Crippen LogP contribution in [0, 0.1) is 5.92 Å². The average molecular weight is 435 g/mol. The first kappa shape index (κ1) is 24.4. The molecule has 0 radical (unpaired) electrons. The third-order valence-electron chi connectivity index (χ3n) is 5.70. The Bertz CT molecular complexity index is 704. The number of halogens is 1. The predicted octanol–water partition coefficient (Wildman–Crippen LogP) is 2.81. The van der Waals surface area contributed by atoms with Gasteiger partial charge in [0, 0.05) is 36.8 Å². The van der Waals surface area contributed by atoms with Crippen LogP contribution in [0.3, 0.4) is 0 Å². The Labute approximate surface area is 185 Å². The first-order chi connectivity index (χ1) is 14.5. The second kappa shape index (κ2) is 12.7. The molecule has 166 valence electrons. The molecule has 2 amide bonds. The third kappa shape index (κ3) is 7.74. The largest absolute Gasteiger partial charge is 0.351 e. The molecule has 2 rings (SSSR count). The summed E-state index contributed by atoms with van der Waals surface area (Å²) in [6.45, 7) is 6.74. The average Bonchev–Trinajstić information content (AvgIpc) is 2.89. The van der Waals surface area contributed by atoms with Crippen LogP contribution in [0.1, 0.15) is 45.1 Å². The van der Waals surface area contributed by atoms with Gasteiger partial charge in [-0.1, -0.05) is 50.4 Å². The molecule has 2 atom stereocenters. The predicted molar refractivity (Wildman–Crippen MR) is 123 cm³/mol. The Morgan fingerprint density at radius 2 is 2.03 bits per heavy atom. The summed E-state index contributed by atoms with van der Waals surface area (Å²) in [5, 5.41) is 7.02. The number of nitrogens with zero attached hydrogens (tertiary/aromatic N) is 1. The minimum Gasteiger partial charge on any atom is -0.351 e. The lowest BCUT2D eigenvalue weighted by Gasteiger charge is -2.27. The van der Waals surface area contributed by atoms with Gasteiger partial charge in [0.2, 0.25) is 11.8 Å². The Kier molecular flexibility index (Phi) is 10.3. The summed E-state index contributed by atoms with van der Waals surface area (Å²) >= 11 is 5.88. The van der Waals surface area contributed by atoms with Gasteiger partial charge >= 0.3 is 0 Å². The van der Waals surface area contributed by atoms with Crippen LogP contribution < -0.4 is 16.4 Å².